The number of hydrogen-bond acceptors (Lipinski definition) is 4. The van der Waals surface area contributed by atoms with E-state index >= 15 is 0 Å². The summed E-state index contributed by atoms with van der Waals surface area (Å²) in [6.07, 6.45) is 5.00. The summed E-state index contributed by atoms with van der Waals surface area (Å²) in [6, 6.07) is 3.91. The number of thiophene rings is 1. The molecule has 4 heteroatoms. The van der Waals surface area contributed by atoms with Gasteiger partial charge < -0.3 is 5.73 Å². The first-order valence-electron chi connectivity index (χ1n) is 3.92. The summed E-state index contributed by atoms with van der Waals surface area (Å²) in [6.45, 7) is 0. The number of rotatable bonds is 2. The van der Waals surface area contributed by atoms with E-state index in [4.69, 9.17) is 5.73 Å². The Morgan fingerprint density at radius 1 is 1.31 bits per heavy atom. The molecule has 0 fully saturated rings. The van der Waals surface area contributed by atoms with E-state index in [0.717, 1.165) is 10.4 Å². The van der Waals surface area contributed by atoms with Gasteiger partial charge in [-0.2, -0.15) is 0 Å². The molecule has 2 heterocycles. The number of nitrogens with two attached hydrogens (primary N) is 1. The number of aromatic nitrogens is 2. The van der Waals surface area contributed by atoms with Crippen LogP contribution in [0.5, 0.6) is 0 Å². The molecule has 2 aromatic heterocycles. The van der Waals surface area contributed by atoms with Crippen molar-refractivity contribution in [2.24, 2.45) is 5.73 Å². The summed E-state index contributed by atoms with van der Waals surface area (Å²) in [4.78, 5) is 8.99. The number of nitrogens with zero attached hydrogens (tertiary/aromatic N) is 2. The van der Waals surface area contributed by atoms with Gasteiger partial charge in [-0.25, -0.2) is 9.97 Å². The van der Waals surface area contributed by atoms with Gasteiger partial charge in [0.2, 0.25) is 0 Å². The highest BCUT2D eigenvalue weighted by atomic mass is 32.1. The van der Waals surface area contributed by atoms with Crippen LogP contribution in [0.15, 0.2) is 36.2 Å². The van der Waals surface area contributed by atoms with Gasteiger partial charge in [0.1, 0.15) is 6.33 Å². The zero-order chi connectivity index (χ0) is 9.10. The maximum Gasteiger partial charge on any atom is 0.115 e. The Kier molecular flexibility index (Phi) is 2.33. The van der Waals surface area contributed by atoms with Gasteiger partial charge in [0, 0.05) is 22.8 Å². The van der Waals surface area contributed by atoms with Gasteiger partial charge in [-0.1, -0.05) is 6.07 Å². The lowest BCUT2D eigenvalue weighted by Gasteiger charge is -2.07. The highest BCUT2D eigenvalue weighted by Gasteiger charge is 2.09. The molecule has 0 saturated heterocycles. The molecule has 0 amide bonds. The van der Waals surface area contributed by atoms with Crippen molar-refractivity contribution in [3.63, 3.8) is 0 Å². The molecule has 0 bridgehead atoms. The Morgan fingerprint density at radius 2 is 2.08 bits per heavy atom. The van der Waals surface area contributed by atoms with Gasteiger partial charge in [0.05, 0.1) is 6.04 Å². The molecule has 0 aromatic carbocycles. The van der Waals surface area contributed by atoms with E-state index < -0.39 is 0 Å². The Hall–Kier alpha value is -1.26. The van der Waals surface area contributed by atoms with Gasteiger partial charge in [-0.05, 0) is 11.4 Å². The summed E-state index contributed by atoms with van der Waals surface area (Å²) in [7, 11) is 0. The highest BCUT2D eigenvalue weighted by molar-refractivity contribution is 7.10. The second kappa shape index (κ2) is 3.64. The second-order valence-electron chi connectivity index (χ2n) is 2.66. The Labute approximate surface area is 80.3 Å². The second-order valence-corrected chi connectivity index (χ2v) is 3.64. The van der Waals surface area contributed by atoms with Gasteiger partial charge in [0.15, 0.2) is 0 Å². The molecule has 0 aliphatic rings. The predicted octanol–water partition coefficient (Wildman–Crippen LogP) is 1.59. The first kappa shape index (κ1) is 8.34. The quantitative estimate of drug-likeness (QED) is 0.784. The molecule has 0 saturated carbocycles. The molecule has 2 N–H and O–H groups in total. The smallest absolute Gasteiger partial charge is 0.115 e. The molecular weight excluding hydrogens is 182 g/mol. The third kappa shape index (κ3) is 1.74. The fraction of sp³-hybridized carbons (Fsp3) is 0.111. The Morgan fingerprint density at radius 3 is 2.69 bits per heavy atom. The van der Waals surface area contributed by atoms with Gasteiger partial charge in [-0.15, -0.1) is 11.3 Å². The monoisotopic (exact) mass is 191 g/mol. The summed E-state index contributed by atoms with van der Waals surface area (Å²) in [5.74, 6) is 0. The molecule has 13 heavy (non-hydrogen) atoms. The molecule has 0 aliphatic carbocycles. The van der Waals surface area contributed by atoms with Crippen molar-refractivity contribution in [1.82, 2.24) is 9.97 Å². The number of hydrogen-bond donors (Lipinski definition) is 1. The van der Waals surface area contributed by atoms with Gasteiger partial charge in [-0.3, -0.25) is 0 Å². The van der Waals surface area contributed by atoms with E-state index in [0.29, 0.717) is 0 Å². The maximum atomic E-state index is 5.99. The van der Waals surface area contributed by atoms with E-state index in [1.807, 2.05) is 17.5 Å². The van der Waals surface area contributed by atoms with Crippen LogP contribution in [0.1, 0.15) is 16.5 Å². The van der Waals surface area contributed by atoms with Crippen molar-refractivity contribution in [1.29, 1.82) is 0 Å². The third-order valence-corrected chi connectivity index (χ3v) is 2.74. The zero-order valence-corrected chi connectivity index (χ0v) is 7.74. The lowest BCUT2D eigenvalue weighted by molar-refractivity contribution is 0.869. The topological polar surface area (TPSA) is 51.8 Å². The first-order chi connectivity index (χ1) is 6.38. The van der Waals surface area contributed by atoms with Crippen molar-refractivity contribution < 1.29 is 0 Å². The van der Waals surface area contributed by atoms with Crippen molar-refractivity contribution in [2.45, 2.75) is 6.04 Å². The fourth-order valence-corrected chi connectivity index (χ4v) is 1.86. The van der Waals surface area contributed by atoms with Crippen LogP contribution in [-0.2, 0) is 0 Å². The predicted molar refractivity (Wildman–Crippen MR) is 52.4 cm³/mol. The molecule has 1 atom stereocenters. The van der Waals surface area contributed by atoms with E-state index in [2.05, 4.69) is 9.97 Å². The van der Waals surface area contributed by atoms with Crippen molar-refractivity contribution in [2.75, 3.05) is 0 Å². The van der Waals surface area contributed by atoms with Gasteiger partial charge in [0.25, 0.3) is 0 Å². The molecule has 66 valence electrons. The van der Waals surface area contributed by atoms with E-state index in [-0.39, 0.29) is 6.04 Å². The van der Waals surface area contributed by atoms with Crippen LogP contribution in [0.2, 0.25) is 0 Å². The lowest BCUT2D eigenvalue weighted by Crippen LogP contribution is -2.10. The maximum absolute atomic E-state index is 5.99. The van der Waals surface area contributed by atoms with E-state index in [1.165, 1.54) is 6.33 Å². The van der Waals surface area contributed by atoms with Crippen LogP contribution in [0.3, 0.4) is 0 Å². The molecule has 3 nitrogen and oxygen atoms in total. The minimum absolute atomic E-state index is 0.0961. The summed E-state index contributed by atoms with van der Waals surface area (Å²) in [5.41, 5.74) is 6.94. The van der Waals surface area contributed by atoms with Crippen molar-refractivity contribution in [3.05, 3.63) is 46.7 Å². The molecule has 0 spiro atoms. The minimum Gasteiger partial charge on any atom is -0.320 e. The summed E-state index contributed by atoms with van der Waals surface area (Å²) < 4.78 is 0. The summed E-state index contributed by atoms with van der Waals surface area (Å²) >= 11 is 1.65. The Balaban J connectivity index is 2.29. The molecule has 1 unspecified atom stereocenters. The van der Waals surface area contributed by atoms with Crippen LogP contribution >= 0.6 is 11.3 Å². The van der Waals surface area contributed by atoms with Crippen LogP contribution in [0, 0.1) is 0 Å². The zero-order valence-electron chi connectivity index (χ0n) is 6.92. The normalized spacial score (nSPS) is 12.7. The summed E-state index contributed by atoms with van der Waals surface area (Å²) in [5, 5.41) is 2.01. The SMILES string of the molecule is NC(c1cncnc1)c1cccs1. The van der Waals surface area contributed by atoms with Gasteiger partial charge >= 0.3 is 0 Å². The largest absolute Gasteiger partial charge is 0.320 e. The lowest BCUT2D eigenvalue weighted by atomic mass is 10.1. The average molecular weight is 191 g/mol. The van der Waals surface area contributed by atoms with E-state index in [1.54, 1.807) is 23.7 Å². The minimum atomic E-state index is -0.0961. The molecule has 2 rings (SSSR count). The molecular formula is C9H9N3S. The molecule has 2 aromatic rings. The molecule has 0 radical (unpaired) electrons. The van der Waals surface area contributed by atoms with Crippen molar-refractivity contribution >= 4 is 11.3 Å². The highest BCUT2D eigenvalue weighted by Crippen LogP contribution is 2.21. The average Bonchev–Trinajstić information content (AvgIpc) is 2.71. The fourth-order valence-electron chi connectivity index (χ4n) is 1.10. The van der Waals surface area contributed by atoms with E-state index in [9.17, 15) is 0 Å². The van der Waals surface area contributed by atoms with Crippen LogP contribution in [0.4, 0.5) is 0 Å². The first-order valence-corrected chi connectivity index (χ1v) is 4.80. The van der Waals surface area contributed by atoms with Crippen LogP contribution < -0.4 is 5.73 Å². The van der Waals surface area contributed by atoms with Crippen molar-refractivity contribution in [3.8, 4) is 0 Å². The van der Waals surface area contributed by atoms with Crippen LogP contribution in [-0.4, -0.2) is 9.97 Å². The Bertz CT molecular complexity index is 358. The third-order valence-electron chi connectivity index (χ3n) is 1.79. The standard InChI is InChI=1S/C9H9N3S/c10-9(8-2-1-3-13-8)7-4-11-6-12-5-7/h1-6,9H,10H2. The van der Waals surface area contributed by atoms with Crippen LogP contribution in [0.25, 0.3) is 0 Å². The molecule has 0 aliphatic heterocycles.